The normalized spacial score (nSPS) is 39.2. The molecule has 1 aliphatic carbocycles. The number of ether oxygens (including phenoxy) is 1. The summed E-state index contributed by atoms with van der Waals surface area (Å²) < 4.78 is 5.52. The number of morpholine rings is 1. The van der Waals surface area contributed by atoms with Gasteiger partial charge in [0.2, 0.25) is 0 Å². The van der Waals surface area contributed by atoms with Gasteiger partial charge in [-0.05, 0) is 32.1 Å². The minimum absolute atomic E-state index is 0.0656. The number of aliphatic hydroxyl groups is 1. The maximum Gasteiger partial charge on any atom is 0.0622 e. The number of rotatable bonds is 2. The Kier molecular flexibility index (Phi) is 4.00. The second kappa shape index (κ2) is 5.28. The summed E-state index contributed by atoms with van der Waals surface area (Å²) >= 11 is 0. The Balaban J connectivity index is 1.94. The van der Waals surface area contributed by atoms with Crippen LogP contribution in [0.1, 0.15) is 39.0 Å². The minimum atomic E-state index is -0.0656. The zero-order chi connectivity index (χ0) is 10.7. The molecular weight excluding hydrogens is 190 g/mol. The quantitative estimate of drug-likeness (QED) is 0.752. The third-order valence-corrected chi connectivity index (χ3v) is 3.83. The van der Waals surface area contributed by atoms with E-state index in [0.29, 0.717) is 12.1 Å². The minimum Gasteiger partial charge on any atom is -0.393 e. The maximum absolute atomic E-state index is 9.71. The Morgan fingerprint density at radius 2 is 2.27 bits per heavy atom. The zero-order valence-corrected chi connectivity index (χ0v) is 9.69. The molecule has 0 aromatic rings. The molecule has 15 heavy (non-hydrogen) atoms. The van der Waals surface area contributed by atoms with Crippen LogP contribution in [0.25, 0.3) is 0 Å². The molecule has 0 aromatic carbocycles. The van der Waals surface area contributed by atoms with E-state index in [-0.39, 0.29) is 6.10 Å². The summed E-state index contributed by atoms with van der Waals surface area (Å²) in [6.45, 7) is 5.02. The van der Waals surface area contributed by atoms with E-state index in [4.69, 9.17) is 4.74 Å². The van der Waals surface area contributed by atoms with Gasteiger partial charge in [0.25, 0.3) is 0 Å². The van der Waals surface area contributed by atoms with Crippen molar-refractivity contribution in [1.29, 1.82) is 0 Å². The average molecular weight is 213 g/mol. The smallest absolute Gasteiger partial charge is 0.0622 e. The van der Waals surface area contributed by atoms with Gasteiger partial charge in [-0.1, -0.05) is 6.92 Å². The first-order chi connectivity index (χ1) is 7.31. The SMILES string of the molecule is CCC1COCCN1C1CCCC(O)C1. The molecule has 1 aliphatic heterocycles. The van der Waals surface area contributed by atoms with Crippen LogP contribution in [0.4, 0.5) is 0 Å². The first kappa shape index (κ1) is 11.4. The fourth-order valence-electron chi connectivity index (χ4n) is 2.94. The van der Waals surface area contributed by atoms with E-state index in [9.17, 15) is 5.11 Å². The van der Waals surface area contributed by atoms with Crippen molar-refractivity contribution in [3.05, 3.63) is 0 Å². The van der Waals surface area contributed by atoms with Gasteiger partial charge in [-0.25, -0.2) is 0 Å². The van der Waals surface area contributed by atoms with E-state index in [1.54, 1.807) is 0 Å². The molecule has 2 rings (SSSR count). The second-order valence-corrected chi connectivity index (χ2v) is 4.85. The molecule has 3 heteroatoms. The highest BCUT2D eigenvalue weighted by Crippen LogP contribution is 2.26. The lowest BCUT2D eigenvalue weighted by Gasteiger charge is -2.43. The van der Waals surface area contributed by atoms with Crippen molar-refractivity contribution in [1.82, 2.24) is 4.90 Å². The highest BCUT2D eigenvalue weighted by molar-refractivity contribution is 4.85. The maximum atomic E-state index is 9.71. The van der Waals surface area contributed by atoms with Crippen LogP contribution in [0.3, 0.4) is 0 Å². The summed E-state index contributed by atoms with van der Waals surface area (Å²) in [5.41, 5.74) is 0. The summed E-state index contributed by atoms with van der Waals surface area (Å²) in [5.74, 6) is 0. The van der Waals surface area contributed by atoms with Crippen molar-refractivity contribution in [3.8, 4) is 0 Å². The number of hydrogen-bond acceptors (Lipinski definition) is 3. The van der Waals surface area contributed by atoms with Crippen LogP contribution < -0.4 is 0 Å². The largest absolute Gasteiger partial charge is 0.393 e. The third kappa shape index (κ3) is 2.71. The summed E-state index contributed by atoms with van der Waals surface area (Å²) in [5, 5.41) is 9.71. The van der Waals surface area contributed by atoms with Gasteiger partial charge >= 0.3 is 0 Å². The molecule has 1 saturated carbocycles. The molecule has 0 bridgehead atoms. The molecule has 3 atom stereocenters. The standard InChI is InChI=1S/C12H23NO2/c1-2-10-9-15-7-6-13(10)11-4-3-5-12(14)8-11/h10-12,14H,2-9H2,1H3. The molecule has 3 unspecified atom stereocenters. The van der Waals surface area contributed by atoms with Crippen molar-refractivity contribution in [2.24, 2.45) is 0 Å². The van der Waals surface area contributed by atoms with Crippen LogP contribution >= 0.6 is 0 Å². The first-order valence-electron chi connectivity index (χ1n) is 6.32. The van der Waals surface area contributed by atoms with Gasteiger partial charge in [0, 0.05) is 18.6 Å². The van der Waals surface area contributed by atoms with Gasteiger partial charge in [0.15, 0.2) is 0 Å². The fourth-order valence-corrected chi connectivity index (χ4v) is 2.94. The molecule has 0 radical (unpaired) electrons. The van der Waals surface area contributed by atoms with Gasteiger partial charge in [0.05, 0.1) is 19.3 Å². The van der Waals surface area contributed by atoms with Crippen molar-refractivity contribution in [2.75, 3.05) is 19.8 Å². The number of aliphatic hydroxyl groups excluding tert-OH is 1. The summed E-state index contributed by atoms with van der Waals surface area (Å²) in [6, 6.07) is 1.18. The molecule has 1 N–H and O–H groups in total. The fraction of sp³-hybridized carbons (Fsp3) is 1.00. The Hall–Kier alpha value is -0.120. The molecule has 0 amide bonds. The Morgan fingerprint density at radius 3 is 3.00 bits per heavy atom. The van der Waals surface area contributed by atoms with Crippen molar-refractivity contribution in [3.63, 3.8) is 0 Å². The molecule has 1 saturated heterocycles. The Morgan fingerprint density at radius 1 is 1.40 bits per heavy atom. The molecular formula is C12H23NO2. The molecule has 3 nitrogen and oxygen atoms in total. The second-order valence-electron chi connectivity index (χ2n) is 4.85. The molecule has 0 spiro atoms. The van der Waals surface area contributed by atoms with Crippen molar-refractivity contribution < 1.29 is 9.84 Å². The summed E-state index contributed by atoms with van der Waals surface area (Å²) in [7, 11) is 0. The zero-order valence-electron chi connectivity index (χ0n) is 9.69. The summed E-state index contributed by atoms with van der Waals surface area (Å²) in [6.07, 6.45) is 5.50. The first-order valence-corrected chi connectivity index (χ1v) is 6.32. The number of nitrogens with zero attached hydrogens (tertiary/aromatic N) is 1. The Bertz CT molecular complexity index is 198. The lowest BCUT2D eigenvalue weighted by atomic mass is 9.90. The van der Waals surface area contributed by atoms with Crippen molar-refractivity contribution in [2.45, 2.75) is 57.2 Å². The van der Waals surface area contributed by atoms with E-state index in [0.717, 1.165) is 39.0 Å². The van der Waals surface area contributed by atoms with E-state index in [1.165, 1.54) is 12.8 Å². The predicted octanol–water partition coefficient (Wildman–Crippen LogP) is 1.40. The van der Waals surface area contributed by atoms with Gasteiger partial charge < -0.3 is 9.84 Å². The topological polar surface area (TPSA) is 32.7 Å². The molecule has 2 fully saturated rings. The van der Waals surface area contributed by atoms with Crippen molar-refractivity contribution >= 4 is 0 Å². The van der Waals surface area contributed by atoms with Crippen LogP contribution in [0.5, 0.6) is 0 Å². The van der Waals surface area contributed by atoms with E-state index >= 15 is 0 Å². The van der Waals surface area contributed by atoms with Crippen LogP contribution in [-0.2, 0) is 4.74 Å². The summed E-state index contributed by atoms with van der Waals surface area (Å²) in [4.78, 5) is 2.58. The monoisotopic (exact) mass is 213 g/mol. The van der Waals surface area contributed by atoms with Crippen LogP contribution in [0, 0.1) is 0 Å². The van der Waals surface area contributed by atoms with E-state index in [1.807, 2.05) is 0 Å². The molecule has 0 aromatic heterocycles. The van der Waals surface area contributed by atoms with Crippen LogP contribution in [0.2, 0.25) is 0 Å². The molecule has 1 heterocycles. The molecule has 88 valence electrons. The lowest BCUT2D eigenvalue weighted by molar-refractivity contribution is -0.0494. The van der Waals surface area contributed by atoms with E-state index in [2.05, 4.69) is 11.8 Å². The van der Waals surface area contributed by atoms with Crippen LogP contribution in [-0.4, -0.2) is 48.0 Å². The lowest BCUT2D eigenvalue weighted by Crippen LogP contribution is -2.52. The van der Waals surface area contributed by atoms with Gasteiger partial charge in [-0.15, -0.1) is 0 Å². The highest BCUT2D eigenvalue weighted by atomic mass is 16.5. The Labute approximate surface area is 92.4 Å². The number of hydrogen-bond donors (Lipinski definition) is 1. The predicted molar refractivity (Wildman–Crippen MR) is 59.9 cm³/mol. The van der Waals surface area contributed by atoms with E-state index < -0.39 is 0 Å². The average Bonchev–Trinajstić information content (AvgIpc) is 2.29. The molecule has 2 aliphatic rings. The van der Waals surface area contributed by atoms with Gasteiger partial charge in [-0.3, -0.25) is 4.90 Å². The third-order valence-electron chi connectivity index (χ3n) is 3.83. The van der Waals surface area contributed by atoms with Gasteiger partial charge in [-0.2, -0.15) is 0 Å². The van der Waals surface area contributed by atoms with Gasteiger partial charge in [0.1, 0.15) is 0 Å². The van der Waals surface area contributed by atoms with Crippen LogP contribution in [0.15, 0.2) is 0 Å². The highest BCUT2D eigenvalue weighted by Gasteiger charge is 2.31.